The Bertz CT molecular complexity index is 1950. The number of hydrogen-bond acceptors (Lipinski definition) is 10. The minimum Gasteiger partial charge on any atom is -0.462 e. The maximum Gasteiger partial charge on any atom is 0.472 e. The Morgan fingerprint density at radius 2 is 0.675 bits per heavy atom. The molecule has 2 N–H and O–H groups in total. The number of hydrogen-bond donors (Lipinski definition) is 2. The van der Waals surface area contributed by atoms with Crippen molar-refractivity contribution in [2.75, 3.05) is 26.4 Å². The average molecular weight is 1130 g/mol. The van der Waals surface area contributed by atoms with Crippen molar-refractivity contribution in [3.63, 3.8) is 0 Å². The Morgan fingerprint density at radius 1 is 0.362 bits per heavy atom. The van der Waals surface area contributed by atoms with E-state index in [9.17, 15) is 28.9 Å². The van der Waals surface area contributed by atoms with Crippen LogP contribution >= 0.6 is 7.82 Å². The van der Waals surface area contributed by atoms with E-state index >= 15 is 0 Å². The van der Waals surface area contributed by atoms with E-state index in [1.165, 1.54) is 25.7 Å². The molecule has 0 aliphatic carbocycles. The number of aliphatic hydroxyl groups excluding tert-OH is 1. The van der Waals surface area contributed by atoms with Crippen molar-refractivity contribution in [2.24, 2.45) is 0 Å². The fraction of sp³-hybridized carbons (Fsp3) is 0.574. The number of aliphatic hydroxyl groups is 1. The molecule has 0 aromatic heterocycles. The highest BCUT2D eigenvalue weighted by Crippen LogP contribution is 2.43. The maximum absolute atomic E-state index is 12.9. The van der Waals surface area contributed by atoms with Gasteiger partial charge in [0.05, 0.1) is 19.8 Å². The molecule has 3 atom stereocenters. The van der Waals surface area contributed by atoms with Crippen LogP contribution in [0.4, 0.5) is 0 Å². The summed E-state index contributed by atoms with van der Waals surface area (Å²) < 4.78 is 39.5. The molecular formula is C68H107O11P. The van der Waals surface area contributed by atoms with Gasteiger partial charge in [-0.2, -0.15) is 0 Å². The monoisotopic (exact) mass is 1130 g/mol. The summed E-state index contributed by atoms with van der Waals surface area (Å²) in [4.78, 5) is 48.6. The molecule has 0 saturated heterocycles. The van der Waals surface area contributed by atoms with Crippen molar-refractivity contribution in [2.45, 2.75) is 226 Å². The van der Waals surface area contributed by atoms with Gasteiger partial charge in [-0.05, 0) is 135 Å². The number of carbonyl (C=O) groups excluding carboxylic acids is 3. The van der Waals surface area contributed by atoms with Crippen LogP contribution in [0.15, 0.2) is 158 Å². The Hall–Kier alpha value is -4.90. The third-order valence-electron chi connectivity index (χ3n) is 11.9. The predicted octanol–water partition coefficient (Wildman–Crippen LogP) is 18.5. The van der Waals surface area contributed by atoms with Gasteiger partial charge in [0.1, 0.15) is 12.7 Å². The average Bonchev–Trinajstić information content (AvgIpc) is 3.45. The van der Waals surface area contributed by atoms with Gasteiger partial charge in [0.2, 0.25) is 0 Å². The third kappa shape index (κ3) is 57.8. The Balaban J connectivity index is 4.92. The van der Waals surface area contributed by atoms with Crippen LogP contribution in [0.25, 0.3) is 0 Å². The Morgan fingerprint density at radius 3 is 1.10 bits per heavy atom. The van der Waals surface area contributed by atoms with Crippen molar-refractivity contribution in [3.05, 3.63) is 158 Å². The Kier molecular flexibility index (Phi) is 56.5. The zero-order valence-electron chi connectivity index (χ0n) is 49.7. The van der Waals surface area contributed by atoms with Gasteiger partial charge >= 0.3 is 25.7 Å². The van der Waals surface area contributed by atoms with Gasteiger partial charge in [-0.1, -0.05) is 217 Å². The number of rotatable bonds is 54. The molecule has 3 unspecified atom stereocenters. The smallest absolute Gasteiger partial charge is 0.462 e. The highest BCUT2D eigenvalue weighted by molar-refractivity contribution is 7.47. The van der Waals surface area contributed by atoms with Gasteiger partial charge < -0.3 is 24.2 Å². The van der Waals surface area contributed by atoms with E-state index in [1.54, 1.807) is 0 Å². The number of phosphoric acid groups is 1. The first-order chi connectivity index (χ1) is 39.2. The lowest BCUT2D eigenvalue weighted by Gasteiger charge is -2.21. The van der Waals surface area contributed by atoms with Crippen LogP contribution in [-0.2, 0) is 42.2 Å². The molecule has 0 heterocycles. The molecule has 12 heteroatoms. The number of phosphoric ester groups is 1. The molecule has 0 bridgehead atoms. The molecule has 0 fully saturated rings. The summed E-state index contributed by atoms with van der Waals surface area (Å²) >= 11 is 0. The summed E-state index contributed by atoms with van der Waals surface area (Å²) in [7, 11) is -4.80. The minimum atomic E-state index is -4.80. The van der Waals surface area contributed by atoms with Gasteiger partial charge in [-0.15, -0.1) is 0 Å². The standard InChI is InChI=1S/C68H107O11P/c1-4-7-10-13-16-19-22-25-28-30-32-34-37-39-42-45-48-51-54-57-66(70)75-61-65(79-68(72)59-56-53-50-47-44-41-38-35-33-31-29-26-23-20-17-14-11-8-5-2)63-77-80(73,74)76-62-64(60-69)78-67(71)58-55-52-49-46-43-40-36-27-24-21-18-15-12-9-6-3/h8-9,11-12,16-21,25-29,32-36,41,43-44,46,50,53,64-65,69H,4-7,10,13-15,22-24,30-31,37-40,42,45,47-49,51-52,54-63H2,1-3H3,(H,73,74)/b11-8-,12-9-,19-16-,20-17-,21-18-,28-25-,29-26-,34-32-,35-33-,36-27-,44-41-,46-43-,53-50-. The van der Waals surface area contributed by atoms with Crippen molar-refractivity contribution < 1.29 is 52.2 Å². The van der Waals surface area contributed by atoms with E-state index in [0.29, 0.717) is 25.7 Å². The number of unbranched alkanes of at least 4 members (excludes halogenated alkanes) is 11. The molecule has 0 aromatic carbocycles. The second kappa shape index (κ2) is 60.2. The topological polar surface area (TPSA) is 155 Å². The van der Waals surface area contributed by atoms with E-state index in [4.69, 9.17) is 23.3 Å². The van der Waals surface area contributed by atoms with Crippen LogP contribution in [0.5, 0.6) is 0 Å². The largest absolute Gasteiger partial charge is 0.472 e. The second-order valence-corrected chi connectivity index (χ2v) is 20.8. The van der Waals surface area contributed by atoms with Crippen molar-refractivity contribution in [1.82, 2.24) is 0 Å². The second-order valence-electron chi connectivity index (χ2n) is 19.4. The van der Waals surface area contributed by atoms with Crippen LogP contribution in [0.2, 0.25) is 0 Å². The van der Waals surface area contributed by atoms with Crippen molar-refractivity contribution >= 4 is 25.7 Å². The molecule has 11 nitrogen and oxygen atoms in total. The fourth-order valence-electron chi connectivity index (χ4n) is 7.38. The first-order valence-corrected chi connectivity index (χ1v) is 31.9. The third-order valence-corrected chi connectivity index (χ3v) is 12.9. The van der Waals surface area contributed by atoms with Gasteiger partial charge in [-0.25, -0.2) is 4.57 Å². The van der Waals surface area contributed by atoms with Crippen LogP contribution in [0.3, 0.4) is 0 Å². The highest BCUT2D eigenvalue weighted by Gasteiger charge is 2.28. The molecule has 0 aliphatic heterocycles. The normalized spacial score (nSPS) is 14.4. The van der Waals surface area contributed by atoms with Crippen LogP contribution in [0, 0.1) is 0 Å². The molecule has 0 spiro atoms. The summed E-state index contributed by atoms with van der Waals surface area (Å²) in [6.07, 6.45) is 79.3. The van der Waals surface area contributed by atoms with Gasteiger partial charge in [0, 0.05) is 19.3 Å². The molecule has 0 saturated carbocycles. The fourth-order valence-corrected chi connectivity index (χ4v) is 8.16. The first kappa shape index (κ1) is 75.1. The quantitative estimate of drug-likeness (QED) is 0.0197. The van der Waals surface area contributed by atoms with Crippen LogP contribution in [0.1, 0.15) is 213 Å². The summed E-state index contributed by atoms with van der Waals surface area (Å²) in [6.45, 7) is 4.22. The SMILES string of the molecule is CC/C=C\C/C=C\C/C=C\C/C=C\C/C=C\C/C=C\CCC(=O)OC(COC(=O)CCCCCCCC/C=C\C/C=C\C/C=C\CCCCC)COP(=O)(O)OCC(CO)OC(=O)CCCC/C=C\C/C=C\C/C=C\C/C=C\CC. The number of carbonyl (C=O) groups is 3. The van der Waals surface area contributed by atoms with E-state index in [2.05, 4.69) is 167 Å². The number of esters is 3. The summed E-state index contributed by atoms with van der Waals surface area (Å²) in [5.41, 5.74) is 0. The number of allylic oxidation sites excluding steroid dienone is 26. The predicted molar refractivity (Wildman–Crippen MR) is 334 cm³/mol. The molecular weight excluding hydrogens is 1020 g/mol. The summed E-state index contributed by atoms with van der Waals surface area (Å²) in [6, 6.07) is 0. The van der Waals surface area contributed by atoms with Gasteiger partial charge in [0.25, 0.3) is 0 Å². The molecule has 0 rings (SSSR count). The van der Waals surface area contributed by atoms with Crippen LogP contribution < -0.4 is 0 Å². The summed E-state index contributed by atoms with van der Waals surface area (Å²) in [5.74, 6) is -1.65. The van der Waals surface area contributed by atoms with Crippen LogP contribution in [-0.4, -0.2) is 66.5 Å². The Labute approximate surface area is 485 Å². The van der Waals surface area contributed by atoms with E-state index < -0.39 is 57.8 Å². The summed E-state index contributed by atoms with van der Waals surface area (Å²) in [5, 5.41) is 9.82. The molecule has 0 radical (unpaired) electrons. The lowest BCUT2D eigenvalue weighted by atomic mass is 10.1. The minimum absolute atomic E-state index is 0.0267. The zero-order valence-corrected chi connectivity index (χ0v) is 50.6. The molecule has 0 amide bonds. The van der Waals surface area contributed by atoms with Gasteiger partial charge in [-0.3, -0.25) is 23.4 Å². The lowest BCUT2D eigenvalue weighted by molar-refractivity contribution is -0.161. The lowest BCUT2D eigenvalue weighted by Crippen LogP contribution is -2.30. The molecule has 0 aromatic rings. The van der Waals surface area contributed by atoms with E-state index in [-0.39, 0.29) is 25.9 Å². The van der Waals surface area contributed by atoms with Crippen molar-refractivity contribution in [1.29, 1.82) is 0 Å². The first-order valence-electron chi connectivity index (χ1n) is 30.4. The van der Waals surface area contributed by atoms with E-state index in [0.717, 1.165) is 122 Å². The molecule has 80 heavy (non-hydrogen) atoms. The van der Waals surface area contributed by atoms with E-state index in [1.807, 2.05) is 12.2 Å². The molecule has 0 aliphatic rings. The maximum atomic E-state index is 12.9. The molecule has 450 valence electrons. The zero-order chi connectivity index (χ0) is 58.3. The highest BCUT2D eigenvalue weighted by atomic mass is 31.2. The van der Waals surface area contributed by atoms with Crippen molar-refractivity contribution in [3.8, 4) is 0 Å². The van der Waals surface area contributed by atoms with Gasteiger partial charge in [0.15, 0.2) is 6.10 Å². The number of ether oxygens (including phenoxy) is 3.